The van der Waals surface area contributed by atoms with E-state index in [2.05, 4.69) is 31.7 Å². The van der Waals surface area contributed by atoms with Crippen molar-refractivity contribution >= 4 is 23.1 Å². The molecule has 0 aromatic carbocycles. The van der Waals surface area contributed by atoms with Gasteiger partial charge in [0.2, 0.25) is 0 Å². The van der Waals surface area contributed by atoms with E-state index in [9.17, 15) is 4.79 Å². The molecule has 1 amide bonds. The van der Waals surface area contributed by atoms with Crippen molar-refractivity contribution in [2.45, 2.75) is 12.8 Å². The van der Waals surface area contributed by atoms with Crippen LogP contribution in [0.2, 0.25) is 0 Å². The van der Waals surface area contributed by atoms with Crippen LogP contribution < -0.4 is 10.2 Å². The minimum atomic E-state index is -0.301. The van der Waals surface area contributed by atoms with Gasteiger partial charge in [0.15, 0.2) is 11.5 Å². The van der Waals surface area contributed by atoms with Crippen LogP contribution in [0.25, 0.3) is 5.65 Å². The lowest BCUT2D eigenvalue weighted by Crippen LogP contribution is -2.35. The normalized spacial score (nSPS) is 17.4. The minimum Gasteiger partial charge on any atom is -0.352 e. The number of rotatable bonds is 3. The van der Waals surface area contributed by atoms with Crippen LogP contribution in [0.3, 0.4) is 0 Å². The Bertz CT molecular complexity index is 952. The molecule has 3 aromatic rings. The van der Waals surface area contributed by atoms with Crippen molar-refractivity contribution in [2.75, 3.05) is 23.3 Å². The molecule has 9 heteroatoms. The smallest absolute Gasteiger partial charge is 0.261 e. The number of nitriles is 1. The van der Waals surface area contributed by atoms with Crippen molar-refractivity contribution in [3.05, 3.63) is 36.4 Å². The molecule has 1 saturated heterocycles. The molecular formula is C16H16N8O. The highest BCUT2D eigenvalue weighted by Gasteiger charge is 2.24. The van der Waals surface area contributed by atoms with Gasteiger partial charge in [0.25, 0.3) is 5.91 Å². The predicted molar refractivity (Wildman–Crippen MR) is 90.1 cm³/mol. The first-order valence-corrected chi connectivity index (χ1v) is 8.04. The summed E-state index contributed by atoms with van der Waals surface area (Å²) in [7, 11) is 0. The highest BCUT2D eigenvalue weighted by molar-refractivity contribution is 6.09. The van der Waals surface area contributed by atoms with E-state index < -0.39 is 0 Å². The molecule has 1 atom stereocenters. The summed E-state index contributed by atoms with van der Waals surface area (Å²) in [5.41, 5.74) is 1.47. The van der Waals surface area contributed by atoms with Gasteiger partial charge in [0.1, 0.15) is 11.3 Å². The van der Waals surface area contributed by atoms with Gasteiger partial charge in [-0.2, -0.15) is 15.5 Å². The Morgan fingerprint density at radius 2 is 2.40 bits per heavy atom. The van der Waals surface area contributed by atoms with Crippen LogP contribution in [-0.4, -0.2) is 43.8 Å². The number of aromatic nitrogens is 5. The third-order valence-electron chi connectivity index (χ3n) is 4.30. The highest BCUT2D eigenvalue weighted by atomic mass is 16.1. The summed E-state index contributed by atoms with van der Waals surface area (Å²) >= 11 is 0. The largest absolute Gasteiger partial charge is 0.352 e. The first-order chi connectivity index (χ1) is 12.3. The van der Waals surface area contributed by atoms with Gasteiger partial charge in [-0.05, 0) is 18.9 Å². The predicted octanol–water partition coefficient (Wildman–Crippen LogP) is 1.44. The summed E-state index contributed by atoms with van der Waals surface area (Å²) in [6.45, 7) is 1.42. The van der Waals surface area contributed by atoms with Gasteiger partial charge >= 0.3 is 0 Å². The lowest BCUT2D eigenvalue weighted by Gasteiger charge is -2.30. The first kappa shape index (κ1) is 15.1. The zero-order valence-electron chi connectivity index (χ0n) is 13.4. The van der Waals surface area contributed by atoms with Crippen molar-refractivity contribution in [2.24, 2.45) is 5.92 Å². The van der Waals surface area contributed by atoms with E-state index >= 15 is 0 Å². The van der Waals surface area contributed by atoms with Crippen molar-refractivity contribution in [3.63, 3.8) is 0 Å². The Balaban J connectivity index is 1.57. The summed E-state index contributed by atoms with van der Waals surface area (Å²) in [4.78, 5) is 18.8. The maximum absolute atomic E-state index is 12.6. The number of piperidine rings is 1. The Hall–Kier alpha value is -3.41. The van der Waals surface area contributed by atoms with Gasteiger partial charge in [0.05, 0.1) is 18.2 Å². The molecule has 4 heterocycles. The van der Waals surface area contributed by atoms with Crippen molar-refractivity contribution in [1.82, 2.24) is 24.8 Å². The fourth-order valence-electron chi connectivity index (χ4n) is 3.07. The van der Waals surface area contributed by atoms with Crippen LogP contribution in [0.1, 0.15) is 23.2 Å². The number of hydrogen-bond donors (Lipinski definition) is 2. The number of carbonyl (C=O) groups excluding carboxylic acids is 1. The molecule has 1 unspecified atom stereocenters. The van der Waals surface area contributed by atoms with E-state index in [1.807, 2.05) is 4.90 Å². The summed E-state index contributed by atoms with van der Waals surface area (Å²) < 4.78 is 1.55. The fraction of sp³-hybridized carbons (Fsp3) is 0.312. The number of nitrogens with zero attached hydrogens (tertiary/aromatic N) is 6. The van der Waals surface area contributed by atoms with Crippen LogP contribution in [0.5, 0.6) is 0 Å². The second-order valence-corrected chi connectivity index (χ2v) is 5.94. The van der Waals surface area contributed by atoms with Gasteiger partial charge in [-0.25, -0.2) is 9.50 Å². The zero-order valence-corrected chi connectivity index (χ0v) is 13.4. The van der Waals surface area contributed by atoms with Crippen molar-refractivity contribution in [3.8, 4) is 6.07 Å². The quantitative estimate of drug-likeness (QED) is 0.748. The van der Waals surface area contributed by atoms with Crippen LogP contribution >= 0.6 is 0 Å². The summed E-state index contributed by atoms with van der Waals surface area (Å²) in [5, 5.41) is 23.2. The number of anilines is 2. The Labute approximate surface area is 143 Å². The SMILES string of the molecule is N#CC1CCCN(c2n[nH]cc2NC(=O)c2cnn3cccnc23)C1. The molecule has 9 nitrogen and oxygen atoms in total. The van der Waals surface area contributed by atoms with Crippen LogP contribution in [0.15, 0.2) is 30.9 Å². The average Bonchev–Trinajstić information content (AvgIpc) is 3.28. The summed E-state index contributed by atoms with van der Waals surface area (Å²) in [5.74, 6) is 0.334. The van der Waals surface area contributed by atoms with E-state index in [1.54, 1.807) is 29.2 Å². The lowest BCUT2D eigenvalue weighted by molar-refractivity contribution is 0.102. The highest BCUT2D eigenvalue weighted by Crippen LogP contribution is 2.28. The van der Waals surface area contributed by atoms with Gasteiger partial charge in [0, 0.05) is 31.7 Å². The second kappa shape index (κ2) is 6.24. The van der Waals surface area contributed by atoms with E-state index in [0.29, 0.717) is 29.3 Å². The lowest BCUT2D eigenvalue weighted by atomic mass is 10.00. The Kier molecular flexibility index (Phi) is 3.78. The Morgan fingerprint density at radius 1 is 1.48 bits per heavy atom. The number of amides is 1. The second-order valence-electron chi connectivity index (χ2n) is 5.94. The first-order valence-electron chi connectivity index (χ1n) is 8.04. The third kappa shape index (κ3) is 2.78. The average molecular weight is 336 g/mol. The molecule has 0 radical (unpaired) electrons. The molecule has 1 aliphatic heterocycles. The molecule has 126 valence electrons. The molecule has 0 spiro atoms. The molecule has 4 rings (SSSR count). The van der Waals surface area contributed by atoms with Crippen LogP contribution in [0, 0.1) is 17.2 Å². The zero-order chi connectivity index (χ0) is 17.2. The molecular weight excluding hydrogens is 320 g/mol. The van der Waals surface area contributed by atoms with E-state index in [0.717, 1.165) is 19.4 Å². The Morgan fingerprint density at radius 3 is 3.28 bits per heavy atom. The number of nitrogens with one attached hydrogen (secondary N) is 2. The van der Waals surface area contributed by atoms with Crippen LogP contribution in [-0.2, 0) is 0 Å². The molecule has 2 N–H and O–H groups in total. The standard InChI is InChI=1S/C16H16N8O/c17-7-11-3-1-5-23(10-11)15-13(9-19-22-15)21-16(25)12-8-20-24-6-2-4-18-14(12)24/h2,4,6,8-9,11H,1,3,5,10H2,(H,19,22)(H,21,25). The van der Waals surface area contributed by atoms with Gasteiger partial charge < -0.3 is 10.2 Å². The monoisotopic (exact) mass is 336 g/mol. The molecule has 0 bridgehead atoms. The van der Waals surface area contributed by atoms with Crippen molar-refractivity contribution in [1.29, 1.82) is 5.26 Å². The molecule has 3 aromatic heterocycles. The maximum Gasteiger partial charge on any atom is 0.261 e. The van der Waals surface area contributed by atoms with E-state index in [-0.39, 0.29) is 11.8 Å². The third-order valence-corrected chi connectivity index (χ3v) is 4.30. The summed E-state index contributed by atoms with van der Waals surface area (Å²) in [6, 6.07) is 4.06. The number of H-pyrrole nitrogens is 1. The molecule has 0 saturated carbocycles. The summed E-state index contributed by atoms with van der Waals surface area (Å²) in [6.07, 6.45) is 8.31. The van der Waals surface area contributed by atoms with Gasteiger partial charge in [-0.3, -0.25) is 9.89 Å². The van der Waals surface area contributed by atoms with Gasteiger partial charge in [-0.15, -0.1) is 0 Å². The van der Waals surface area contributed by atoms with Gasteiger partial charge in [-0.1, -0.05) is 0 Å². The number of carbonyl (C=O) groups is 1. The maximum atomic E-state index is 12.6. The fourth-order valence-corrected chi connectivity index (χ4v) is 3.07. The topological polar surface area (TPSA) is 115 Å². The molecule has 1 fully saturated rings. The number of hydrogen-bond acceptors (Lipinski definition) is 6. The number of aromatic amines is 1. The van der Waals surface area contributed by atoms with Crippen molar-refractivity contribution < 1.29 is 4.79 Å². The molecule has 0 aliphatic carbocycles. The number of fused-ring (bicyclic) bond motifs is 1. The van der Waals surface area contributed by atoms with E-state index in [1.165, 1.54) is 6.20 Å². The van der Waals surface area contributed by atoms with Crippen LogP contribution in [0.4, 0.5) is 11.5 Å². The minimum absolute atomic E-state index is 0.0159. The molecule has 25 heavy (non-hydrogen) atoms. The molecule has 1 aliphatic rings. The van der Waals surface area contributed by atoms with E-state index in [4.69, 9.17) is 5.26 Å².